The number of carbonyl (C=O) groups is 1. The van der Waals surface area contributed by atoms with Gasteiger partial charge in [-0.15, -0.1) is 10.2 Å². The molecule has 18 heavy (non-hydrogen) atoms. The molecule has 1 N–H and O–H groups in total. The summed E-state index contributed by atoms with van der Waals surface area (Å²) in [6.45, 7) is 7.28. The molecule has 0 aliphatic carbocycles. The van der Waals surface area contributed by atoms with Gasteiger partial charge < -0.3 is 10.0 Å². The third-order valence-electron chi connectivity index (χ3n) is 2.79. The van der Waals surface area contributed by atoms with Crippen LogP contribution >= 0.6 is 0 Å². The Balaban J connectivity index is 2.75. The lowest BCUT2D eigenvalue weighted by atomic mass is 10.2. The summed E-state index contributed by atoms with van der Waals surface area (Å²) in [7, 11) is 0. The number of unbranched alkanes of at least 4 members (excludes halogenated alkanes) is 2. The van der Waals surface area contributed by atoms with Crippen LogP contribution in [0.25, 0.3) is 0 Å². The number of carboxylic acids is 1. The van der Waals surface area contributed by atoms with E-state index in [0.29, 0.717) is 6.04 Å². The van der Waals surface area contributed by atoms with Gasteiger partial charge in [0.1, 0.15) is 0 Å². The molecule has 0 amide bonds. The maximum absolute atomic E-state index is 10.7. The number of hydrogen-bond acceptors (Lipinski definition) is 4. The van der Waals surface area contributed by atoms with Crippen LogP contribution < -0.4 is 4.90 Å². The molecule has 0 aliphatic rings. The predicted octanol–water partition coefficient (Wildman–Crippen LogP) is 2.58. The van der Waals surface area contributed by atoms with Crippen molar-refractivity contribution >= 4 is 11.8 Å². The van der Waals surface area contributed by atoms with Crippen molar-refractivity contribution in [3.63, 3.8) is 0 Å². The van der Waals surface area contributed by atoms with Crippen molar-refractivity contribution in [2.75, 3.05) is 11.4 Å². The minimum atomic E-state index is -1.05. The monoisotopic (exact) mass is 251 g/mol. The number of hydrogen-bond donors (Lipinski definition) is 1. The highest BCUT2D eigenvalue weighted by Gasteiger charge is 2.13. The molecule has 100 valence electrons. The zero-order chi connectivity index (χ0) is 13.5. The highest BCUT2D eigenvalue weighted by Crippen LogP contribution is 2.14. The van der Waals surface area contributed by atoms with E-state index in [9.17, 15) is 4.79 Å². The first-order chi connectivity index (χ1) is 8.56. The van der Waals surface area contributed by atoms with Crippen molar-refractivity contribution < 1.29 is 9.90 Å². The van der Waals surface area contributed by atoms with E-state index in [1.54, 1.807) is 6.07 Å². The SMILES string of the molecule is CCCCCN(c1ccc(C(=O)O)nn1)C(C)C. The molecule has 0 unspecified atom stereocenters. The van der Waals surface area contributed by atoms with Gasteiger partial charge in [-0.2, -0.15) is 0 Å². The summed E-state index contributed by atoms with van der Waals surface area (Å²) in [5.74, 6) is -0.303. The smallest absolute Gasteiger partial charge is 0.356 e. The fourth-order valence-corrected chi connectivity index (χ4v) is 1.76. The van der Waals surface area contributed by atoms with Crippen LogP contribution in [0.3, 0.4) is 0 Å². The average Bonchev–Trinajstić information content (AvgIpc) is 2.34. The Labute approximate surface area is 108 Å². The maximum atomic E-state index is 10.7. The molecule has 0 bridgehead atoms. The second-order valence-electron chi connectivity index (χ2n) is 4.58. The molecule has 1 aromatic rings. The van der Waals surface area contributed by atoms with Crippen LogP contribution in [0.4, 0.5) is 5.82 Å². The molecule has 5 nitrogen and oxygen atoms in total. The molecule has 0 spiro atoms. The minimum Gasteiger partial charge on any atom is -0.476 e. The van der Waals surface area contributed by atoms with E-state index in [1.165, 1.54) is 18.9 Å². The summed E-state index contributed by atoms with van der Waals surface area (Å²) < 4.78 is 0. The van der Waals surface area contributed by atoms with Crippen LogP contribution in [0.5, 0.6) is 0 Å². The van der Waals surface area contributed by atoms with Gasteiger partial charge in [-0.3, -0.25) is 0 Å². The molecule has 0 saturated carbocycles. The lowest BCUT2D eigenvalue weighted by Crippen LogP contribution is -2.32. The highest BCUT2D eigenvalue weighted by atomic mass is 16.4. The van der Waals surface area contributed by atoms with E-state index in [4.69, 9.17) is 5.11 Å². The van der Waals surface area contributed by atoms with Crippen molar-refractivity contribution in [1.82, 2.24) is 10.2 Å². The Morgan fingerprint density at radius 2 is 2.06 bits per heavy atom. The third kappa shape index (κ3) is 3.98. The molecule has 1 heterocycles. The molecular formula is C13H21N3O2. The number of nitrogens with zero attached hydrogens (tertiary/aromatic N) is 3. The summed E-state index contributed by atoms with van der Waals surface area (Å²) in [5, 5.41) is 16.5. The minimum absolute atomic E-state index is 0.0176. The normalized spacial score (nSPS) is 10.7. The zero-order valence-corrected chi connectivity index (χ0v) is 11.3. The Morgan fingerprint density at radius 3 is 2.50 bits per heavy atom. The van der Waals surface area contributed by atoms with E-state index < -0.39 is 5.97 Å². The van der Waals surface area contributed by atoms with Gasteiger partial charge >= 0.3 is 5.97 Å². The second-order valence-corrected chi connectivity index (χ2v) is 4.58. The molecule has 0 fully saturated rings. The first-order valence-corrected chi connectivity index (χ1v) is 6.40. The summed E-state index contributed by atoms with van der Waals surface area (Å²) in [5.41, 5.74) is -0.0176. The van der Waals surface area contributed by atoms with E-state index in [2.05, 4.69) is 35.9 Å². The summed E-state index contributed by atoms with van der Waals surface area (Å²) in [4.78, 5) is 12.9. The van der Waals surface area contributed by atoms with Crippen molar-refractivity contribution in [3.8, 4) is 0 Å². The van der Waals surface area contributed by atoms with Crippen LogP contribution in [-0.4, -0.2) is 33.9 Å². The number of rotatable bonds is 7. The number of aromatic nitrogens is 2. The van der Waals surface area contributed by atoms with Gasteiger partial charge in [-0.25, -0.2) is 4.79 Å². The predicted molar refractivity (Wildman–Crippen MR) is 71.0 cm³/mol. The fraction of sp³-hybridized carbons (Fsp3) is 0.615. The molecule has 1 aromatic heterocycles. The Bertz CT molecular complexity index is 376. The Morgan fingerprint density at radius 1 is 1.33 bits per heavy atom. The molecule has 0 radical (unpaired) electrons. The van der Waals surface area contributed by atoms with Gasteiger partial charge in [-0.05, 0) is 32.4 Å². The van der Waals surface area contributed by atoms with Crippen molar-refractivity contribution in [1.29, 1.82) is 0 Å². The van der Waals surface area contributed by atoms with Gasteiger partial charge in [0, 0.05) is 12.6 Å². The average molecular weight is 251 g/mol. The largest absolute Gasteiger partial charge is 0.476 e. The molecule has 5 heteroatoms. The molecule has 0 aromatic carbocycles. The van der Waals surface area contributed by atoms with Crippen molar-refractivity contribution in [2.24, 2.45) is 0 Å². The van der Waals surface area contributed by atoms with E-state index in [1.807, 2.05) is 0 Å². The number of carboxylic acid groups (broad SMARTS) is 1. The van der Waals surface area contributed by atoms with Gasteiger partial charge in [0.05, 0.1) is 0 Å². The van der Waals surface area contributed by atoms with Crippen molar-refractivity contribution in [3.05, 3.63) is 17.8 Å². The van der Waals surface area contributed by atoms with Crippen LogP contribution in [0, 0.1) is 0 Å². The second kappa shape index (κ2) is 6.93. The quantitative estimate of drug-likeness (QED) is 0.754. The number of aromatic carboxylic acids is 1. The lowest BCUT2D eigenvalue weighted by Gasteiger charge is -2.27. The van der Waals surface area contributed by atoms with E-state index in [0.717, 1.165) is 18.8 Å². The Kier molecular flexibility index (Phi) is 5.55. The number of anilines is 1. The van der Waals surface area contributed by atoms with Gasteiger partial charge in [0.2, 0.25) is 0 Å². The Hall–Kier alpha value is -1.65. The maximum Gasteiger partial charge on any atom is 0.356 e. The summed E-state index contributed by atoms with van der Waals surface area (Å²) >= 11 is 0. The molecule has 0 aliphatic heterocycles. The van der Waals surface area contributed by atoms with Crippen molar-refractivity contribution in [2.45, 2.75) is 46.1 Å². The summed E-state index contributed by atoms with van der Waals surface area (Å²) in [6, 6.07) is 3.55. The van der Waals surface area contributed by atoms with Crippen LogP contribution in [0.15, 0.2) is 12.1 Å². The first-order valence-electron chi connectivity index (χ1n) is 6.40. The molecule has 1 rings (SSSR count). The van der Waals surface area contributed by atoms with E-state index >= 15 is 0 Å². The zero-order valence-electron chi connectivity index (χ0n) is 11.3. The van der Waals surface area contributed by atoms with Gasteiger partial charge in [-0.1, -0.05) is 19.8 Å². The molecule has 0 atom stereocenters. The summed E-state index contributed by atoms with van der Waals surface area (Å²) in [6.07, 6.45) is 3.47. The third-order valence-corrected chi connectivity index (χ3v) is 2.79. The van der Waals surface area contributed by atoms with E-state index in [-0.39, 0.29) is 5.69 Å². The van der Waals surface area contributed by atoms with Crippen LogP contribution in [-0.2, 0) is 0 Å². The fourth-order valence-electron chi connectivity index (χ4n) is 1.76. The topological polar surface area (TPSA) is 66.3 Å². The molecular weight excluding hydrogens is 230 g/mol. The van der Waals surface area contributed by atoms with Gasteiger partial charge in [0.25, 0.3) is 0 Å². The standard InChI is InChI=1S/C13H21N3O2/c1-4-5-6-9-16(10(2)3)12-8-7-11(13(17)18)14-15-12/h7-8,10H,4-6,9H2,1-3H3,(H,17,18). The van der Waals surface area contributed by atoms with Crippen LogP contribution in [0.1, 0.15) is 50.5 Å². The molecule has 0 saturated heterocycles. The van der Waals surface area contributed by atoms with Crippen LogP contribution in [0.2, 0.25) is 0 Å². The van der Waals surface area contributed by atoms with Gasteiger partial charge in [0.15, 0.2) is 11.5 Å². The lowest BCUT2D eigenvalue weighted by molar-refractivity contribution is 0.0689. The first kappa shape index (κ1) is 14.4. The highest BCUT2D eigenvalue weighted by molar-refractivity contribution is 5.85.